The quantitative estimate of drug-likeness (QED) is 0.198. The smallest absolute Gasteiger partial charge is 0.136 e. The molecule has 0 spiro atoms. The van der Waals surface area contributed by atoms with Gasteiger partial charge in [0.15, 0.2) is 0 Å². The molecule has 7 aromatic rings. The van der Waals surface area contributed by atoms with E-state index in [9.17, 15) is 0 Å². The van der Waals surface area contributed by atoms with Gasteiger partial charge in [-0.05, 0) is 56.6 Å². The maximum atomic E-state index is 6.28. The van der Waals surface area contributed by atoms with E-state index in [1.54, 1.807) is 0 Å². The van der Waals surface area contributed by atoms with Crippen molar-refractivity contribution in [3.8, 4) is 11.1 Å². The number of benzene rings is 6. The van der Waals surface area contributed by atoms with E-state index in [4.69, 9.17) is 4.42 Å². The van der Waals surface area contributed by atoms with Gasteiger partial charge < -0.3 is 4.42 Å². The number of para-hydroxylation sites is 1. The molecule has 2 heterocycles. The molecule has 2 aliphatic rings. The zero-order valence-electron chi connectivity index (χ0n) is 24.1. The summed E-state index contributed by atoms with van der Waals surface area (Å²) in [6.07, 6.45) is -0.0120. The van der Waals surface area contributed by atoms with Gasteiger partial charge >= 0.3 is 0 Å². The second-order valence-corrected chi connectivity index (χ2v) is 11.8. The summed E-state index contributed by atoms with van der Waals surface area (Å²) in [4.78, 5) is 0. The van der Waals surface area contributed by atoms with Gasteiger partial charge in [-0.2, -0.15) is 0 Å². The number of fused-ring (bicyclic) bond motifs is 7. The molecule has 0 saturated carbocycles. The molecule has 212 valence electrons. The molecule has 44 heavy (non-hydrogen) atoms. The first kappa shape index (κ1) is 25.5. The predicted octanol–water partition coefficient (Wildman–Crippen LogP) is 8.93. The molecule has 4 nitrogen and oxygen atoms in total. The summed E-state index contributed by atoms with van der Waals surface area (Å²) in [6, 6.07) is 52.0. The third-order valence-corrected chi connectivity index (χ3v) is 9.30. The van der Waals surface area contributed by atoms with E-state index in [1.165, 1.54) is 55.3 Å². The second kappa shape index (κ2) is 10.3. The lowest BCUT2D eigenvalue weighted by molar-refractivity contribution is 0.203. The summed E-state index contributed by atoms with van der Waals surface area (Å²) in [5.74, 6) is 0.163. The lowest BCUT2D eigenvalue weighted by atomic mass is 9.88. The largest absolute Gasteiger partial charge is 0.456 e. The van der Waals surface area contributed by atoms with Crippen molar-refractivity contribution in [2.45, 2.75) is 24.4 Å². The van der Waals surface area contributed by atoms with Crippen LogP contribution in [0.15, 0.2) is 150 Å². The molecule has 1 aliphatic heterocycles. The molecule has 1 fully saturated rings. The number of nitrogens with one attached hydrogen (secondary N) is 3. The van der Waals surface area contributed by atoms with Crippen LogP contribution >= 0.6 is 0 Å². The van der Waals surface area contributed by atoms with Crippen molar-refractivity contribution in [3.63, 3.8) is 0 Å². The molecular weight excluding hydrogens is 538 g/mol. The van der Waals surface area contributed by atoms with Crippen LogP contribution in [0.5, 0.6) is 0 Å². The average molecular weight is 570 g/mol. The molecule has 3 unspecified atom stereocenters. The van der Waals surface area contributed by atoms with E-state index in [1.807, 2.05) is 6.07 Å². The minimum atomic E-state index is -0.0271. The Balaban J connectivity index is 1.10. The normalized spacial score (nSPS) is 20.9. The van der Waals surface area contributed by atoms with Crippen molar-refractivity contribution in [2.75, 3.05) is 0 Å². The van der Waals surface area contributed by atoms with Crippen molar-refractivity contribution in [3.05, 3.63) is 179 Å². The summed E-state index contributed by atoms with van der Waals surface area (Å²) >= 11 is 0. The van der Waals surface area contributed by atoms with Crippen LogP contribution in [0.3, 0.4) is 0 Å². The van der Waals surface area contributed by atoms with E-state index in [2.05, 4.69) is 155 Å². The molecule has 0 amide bonds. The van der Waals surface area contributed by atoms with Gasteiger partial charge in [0.1, 0.15) is 11.2 Å². The van der Waals surface area contributed by atoms with Gasteiger partial charge in [-0.15, -0.1) is 0 Å². The van der Waals surface area contributed by atoms with Crippen molar-refractivity contribution < 1.29 is 4.42 Å². The third-order valence-electron chi connectivity index (χ3n) is 9.30. The van der Waals surface area contributed by atoms with E-state index in [-0.39, 0.29) is 24.4 Å². The summed E-state index contributed by atoms with van der Waals surface area (Å²) in [5.41, 5.74) is 12.1. The Bertz CT molecular complexity index is 2070. The fourth-order valence-corrected chi connectivity index (χ4v) is 7.26. The average Bonchev–Trinajstić information content (AvgIpc) is 3.64. The van der Waals surface area contributed by atoms with E-state index < -0.39 is 0 Å². The zero-order valence-corrected chi connectivity index (χ0v) is 24.1. The summed E-state index contributed by atoms with van der Waals surface area (Å²) in [7, 11) is 0. The third kappa shape index (κ3) is 4.11. The fourth-order valence-electron chi connectivity index (χ4n) is 7.26. The number of hydrogen-bond donors (Lipinski definition) is 3. The molecule has 1 aliphatic carbocycles. The Kier molecular flexibility index (Phi) is 5.98. The highest BCUT2D eigenvalue weighted by Gasteiger charge is 2.33. The minimum absolute atomic E-state index is 0.00751. The van der Waals surface area contributed by atoms with Crippen molar-refractivity contribution in [2.24, 2.45) is 0 Å². The van der Waals surface area contributed by atoms with Gasteiger partial charge in [-0.3, -0.25) is 16.0 Å². The van der Waals surface area contributed by atoms with Crippen molar-refractivity contribution in [1.82, 2.24) is 16.0 Å². The van der Waals surface area contributed by atoms with E-state index >= 15 is 0 Å². The standard InChI is InChI=1S/C40H31N3O/c1-3-11-26(12-4-1)38-41-39(27-13-5-2-6-14-27)43-40(42-38)28-21-19-25(20-22-28)35-29-15-7-8-16-30(29)36-32(35)23-24-34-37(36)31-17-9-10-18-33(31)44-34/h1-24,35,38-43H. The van der Waals surface area contributed by atoms with Gasteiger partial charge in [0.25, 0.3) is 0 Å². The molecule has 0 radical (unpaired) electrons. The Labute approximate surface area is 256 Å². The SMILES string of the molecule is c1ccc(C2NC(c3ccccc3)NC(c3ccc(C4c5ccccc5-c5c4ccc4oc6ccccc6c54)cc3)N2)cc1. The van der Waals surface area contributed by atoms with Crippen LogP contribution in [0.2, 0.25) is 0 Å². The van der Waals surface area contributed by atoms with Crippen LogP contribution in [0.4, 0.5) is 0 Å². The van der Waals surface area contributed by atoms with Gasteiger partial charge in [0.05, 0.1) is 18.5 Å². The van der Waals surface area contributed by atoms with Crippen LogP contribution in [0, 0.1) is 0 Å². The number of hydrogen-bond acceptors (Lipinski definition) is 4. The van der Waals surface area contributed by atoms with E-state index in [0.717, 1.165) is 11.2 Å². The maximum absolute atomic E-state index is 6.28. The summed E-state index contributed by atoms with van der Waals surface area (Å²) in [5, 5.41) is 13.8. The molecule has 1 aromatic heterocycles. The molecule has 4 heteroatoms. The topological polar surface area (TPSA) is 49.2 Å². The number of furan rings is 1. The maximum Gasteiger partial charge on any atom is 0.136 e. The van der Waals surface area contributed by atoms with E-state index in [0.29, 0.717) is 0 Å². The Morgan fingerprint density at radius 1 is 0.409 bits per heavy atom. The molecule has 9 rings (SSSR count). The lowest BCUT2D eigenvalue weighted by Gasteiger charge is -2.39. The monoisotopic (exact) mass is 569 g/mol. The van der Waals surface area contributed by atoms with Crippen LogP contribution < -0.4 is 16.0 Å². The highest BCUT2D eigenvalue weighted by Crippen LogP contribution is 2.52. The van der Waals surface area contributed by atoms with Gasteiger partial charge in [-0.1, -0.05) is 133 Å². The molecule has 1 saturated heterocycles. The summed E-state index contributed by atoms with van der Waals surface area (Å²) < 4.78 is 6.28. The first-order valence-electron chi connectivity index (χ1n) is 15.3. The molecule has 3 atom stereocenters. The number of rotatable bonds is 4. The van der Waals surface area contributed by atoms with Crippen LogP contribution in [0.1, 0.15) is 57.8 Å². The van der Waals surface area contributed by atoms with Crippen molar-refractivity contribution in [1.29, 1.82) is 0 Å². The Morgan fingerprint density at radius 2 is 0.955 bits per heavy atom. The Hall–Kier alpha value is -5.00. The lowest BCUT2D eigenvalue weighted by Crippen LogP contribution is -2.54. The highest BCUT2D eigenvalue weighted by atomic mass is 16.3. The molecule has 3 N–H and O–H groups in total. The zero-order chi connectivity index (χ0) is 29.0. The predicted molar refractivity (Wildman–Crippen MR) is 177 cm³/mol. The first-order chi connectivity index (χ1) is 21.8. The second-order valence-electron chi connectivity index (χ2n) is 11.8. The van der Waals surface area contributed by atoms with Gasteiger partial charge in [0.2, 0.25) is 0 Å². The van der Waals surface area contributed by atoms with Gasteiger partial charge in [-0.25, -0.2) is 0 Å². The Morgan fingerprint density at radius 3 is 1.64 bits per heavy atom. The molecule has 6 aromatic carbocycles. The highest BCUT2D eigenvalue weighted by molar-refractivity contribution is 6.14. The van der Waals surface area contributed by atoms with Crippen molar-refractivity contribution >= 4 is 21.9 Å². The first-order valence-corrected chi connectivity index (χ1v) is 15.3. The van der Waals surface area contributed by atoms with Crippen LogP contribution in [-0.4, -0.2) is 0 Å². The molecule has 0 bridgehead atoms. The molecular formula is C40H31N3O. The minimum Gasteiger partial charge on any atom is -0.456 e. The van der Waals surface area contributed by atoms with Gasteiger partial charge in [0, 0.05) is 16.7 Å². The summed E-state index contributed by atoms with van der Waals surface area (Å²) in [6.45, 7) is 0. The fraction of sp³-hybridized carbons (Fsp3) is 0.100. The van der Waals surface area contributed by atoms with Crippen LogP contribution in [-0.2, 0) is 0 Å². The van der Waals surface area contributed by atoms with Crippen LogP contribution in [0.25, 0.3) is 33.1 Å².